The first-order chi connectivity index (χ1) is 18.2. The van der Waals surface area contributed by atoms with Gasteiger partial charge in [0.25, 0.3) is 0 Å². The SMILES string of the molecule is [O-]N(O)Cc1ccc(NCCNc2ncc(-n3ccnc3)c(-c3ccc(N4CCNCC4)cc3)n2)nc1. The van der Waals surface area contributed by atoms with E-state index >= 15 is 0 Å². The Morgan fingerprint density at radius 2 is 1.81 bits per heavy atom. The molecule has 12 heteroatoms. The van der Waals surface area contributed by atoms with Gasteiger partial charge >= 0.3 is 0 Å². The van der Waals surface area contributed by atoms with Crippen LogP contribution in [0.2, 0.25) is 0 Å². The van der Waals surface area contributed by atoms with Crippen molar-refractivity contribution in [3.05, 3.63) is 78.3 Å². The first-order valence-corrected chi connectivity index (χ1v) is 12.1. The van der Waals surface area contributed by atoms with E-state index in [4.69, 9.17) is 10.2 Å². The van der Waals surface area contributed by atoms with Crippen LogP contribution < -0.4 is 20.9 Å². The lowest BCUT2D eigenvalue weighted by atomic mass is 10.1. The number of piperazine rings is 1. The van der Waals surface area contributed by atoms with Gasteiger partial charge in [-0.3, -0.25) is 5.23 Å². The van der Waals surface area contributed by atoms with Crippen LogP contribution in [0.25, 0.3) is 16.9 Å². The van der Waals surface area contributed by atoms with E-state index in [1.807, 2.05) is 10.8 Å². The minimum atomic E-state index is -0.124. The number of benzene rings is 1. The van der Waals surface area contributed by atoms with E-state index in [-0.39, 0.29) is 11.8 Å². The molecule has 192 valence electrons. The first kappa shape index (κ1) is 24.6. The summed E-state index contributed by atoms with van der Waals surface area (Å²) in [4.78, 5) is 20.1. The molecular formula is C25H29N10O2-. The molecule has 4 N–H and O–H groups in total. The quantitative estimate of drug-likeness (QED) is 0.188. The van der Waals surface area contributed by atoms with E-state index in [0.717, 1.165) is 43.1 Å². The molecule has 12 nitrogen and oxygen atoms in total. The number of rotatable bonds is 10. The van der Waals surface area contributed by atoms with E-state index in [0.29, 0.717) is 30.4 Å². The van der Waals surface area contributed by atoms with Crippen molar-refractivity contribution in [3.63, 3.8) is 0 Å². The van der Waals surface area contributed by atoms with Crippen LogP contribution in [0.5, 0.6) is 0 Å². The molecule has 1 aliphatic heterocycles. The summed E-state index contributed by atoms with van der Waals surface area (Å²) in [6, 6.07) is 12.0. The summed E-state index contributed by atoms with van der Waals surface area (Å²) in [5, 5.41) is 29.3. The molecule has 3 aromatic heterocycles. The maximum absolute atomic E-state index is 10.7. The summed E-state index contributed by atoms with van der Waals surface area (Å²) < 4.78 is 1.91. The lowest BCUT2D eigenvalue weighted by Crippen LogP contribution is -2.43. The zero-order valence-corrected chi connectivity index (χ0v) is 20.3. The highest BCUT2D eigenvalue weighted by Gasteiger charge is 2.14. The highest BCUT2D eigenvalue weighted by atomic mass is 16.8. The highest BCUT2D eigenvalue weighted by molar-refractivity contribution is 5.71. The average Bonchev–Trinajstić information content (AvgIpc) is 3.47. The largest absolute Gasteiger partial charge is 0.762 e. The Hall–Kier alpha value is -4.10. The van der Waals surface area contributed by atoms with Crippen LogP contribution in [0.4, 0.5) is 17.5 Å². The van der Waals surface area contributed by atoms with Crippen molar-refractivity contribution in [3.8, 4) is 16.9 Å². The van der Waals surface area contributed by atoms with Gasteiger partial charge in [-0.15, -0.1) is 0 Å². The summed E-state index contributed by atoms with van der Waals surface area (Å²) >= 11 is 0. The van der Waals surface area contributed by atoms with Crippen molar-refractivity contribution in [1.82, 2.24) is 35.0 Å². The highest BCUT2D eigenvalue weighted by Crippen LogP contribution is 2.27. The Labute approximate surface area is 214 Å². The molecule has 0 unspecified atom stereocenters. The van der Waals surface area contributed by atoms with Crippen LogP contribution in [-0.4, -0.2) is 74.2 Å². The van der Waals surface area contributed by atoms with Gasteiger partial charge in [-0.2, -0.15) is 0 Å². The van der Waals surface area contributed by atoms with Gasteiger partial charge in [-0.1, -0.05) is 18.2 Å². The Morgan fingerprint density at radius 1 is 1.00 bits per heavy atom. The predicted molar refractivity (Wildman–Crippen MR) is 142 cm³/mol. The van der Waals surface area contributed by atoms with E-state index in [1.165, 1.54) is 5.69 Å². The molecule has 0 atom stereocenters. The predicted octanol–water partition coefficient (Wildman–Crippen LogP) is 2.35. The number of hydrogen-bond donors (Lipinski definition) is 4. The van der Waals surface area contributed by atoms with Crippen LogP contribution in [0.3, 0.4) is 0 Å². The summed E-state index contributed by atoms with van der Waals surface area (Å²) in [5.41, 5.74) is 4.48. The zero-order valence-electron chi connectivity index (χ0n) is 20.3. The molecule has 37 heavy (non-hydrogen) atoms. The van der Waals surface area contributed by atoms with Crippen LogP contribution in [-0.2, 0) is 6.54 Å². The van der Waals surface area contributed by atoms with Gasteiger partial charge in [0.2, 0.25) is 5.95 Å². The van der Waals surface area contributed by atoms with E-state index < -0.39 is 0 Å². The normalized spacial score (nSPS) is 13.6. The topological polar surface area (TPSA) is 142 Å². The van der Waals surface area contributed by atoms with Crippen molar-refractivity contribution in [2.24, 2.45) is 0 Å². The Balaban J connectivity index is 1.26. The van der Waals surface area contributed by atoms with Gasteiger partial charge in [0.1, 0.15) is 5.82 Å². The molecule has 1 aromatic carbocycles. The van der Waals surface area contributed by atoms with Crippen molar-refractivity contribution in [2.45, 2.75) is 6.54 Å². The van der Waals surface area contributed by atoms with Crippen molar-refractivity contribution < 1.29 is 5.21 Å². The summed E-state index contributed by atoms with van der Waals surface area (Å²) in [6.45, 7) is 5.01. The molecule has 1 saturated heterocycles. The number of nitrogens with one attached hydrogen (secondary N) is 3. The lowest BCUT2D eigenvalue weighted by molar-refractivity contribution is -0.0488. The van der Waals surface area contributed by atoms with Gasteiger partial charge < -0.3 is 35.8 Å². The summed E-state index contributed by atoms with van der Waals surface area (Å²) in [6.07, 6.45) is 8.69. The zero-order chi connectivity index (χ0) is 25.5. The fourth-order valence-electron chi connectivity index (χ4n) is 4.16. The molecule has 0 amide bonds. The van der Waals surface area contributed by atoms with Crippen LogP contribution in [0.15, 0.2) is 67.5 Å². The van der Waals surface area contributed by atoms with E-state index in [9.17, 15) is 5.21 Å². The maximum atomic E-state index is 10.7. The molecule has 0 aliphatic carbocycles. The third kappa shape index (κ3) is 6.37. The lowest BCUT2D eigenvalue weighted by Gasteiger charge is -2.29. The van der Waals surface area contributed by atoms with Gasteiger partial charge in [0.05, 0.1) is 23.9 Å². The molecule has 1 fully saturated rings. The molecule has 0 bridgehead atoms. The Kier molecular flexibility index (Phi) is 7.81. The average molecular weight is 502 g/mol. The minimum Gasteiger partial charge on any atom is -0.762 e. The second-order valence-electron chi connectivity index (χ2n) is 8.60. The molecule has 1 aliphatic rings. The third-order valence-corrected chi connectivity index (χ3v) is 6.03. The molecule has 0 spiro atoms. The molecule has 4 aromatic rings. The van der Waals surface area contributed by atoms with Crippen molar-refractivity contribution in [2.75, 3.05) is 54.8 Å². The Morgan fingerprint density at radius 3 is 2.51 bits per heavy atom. The second kappa shape index (κ2) is 11.8. The molecule has 4 heterocycles. The molecule has 0 saturated carbocycles. The van der Waals surface area contributed by atoms with Gasteiger partial charge in [0, 0.05) is 75.7 Å². The summed E-state index contributed by atoms with van der Waals surface area (Å²) in [5.74, 6) is 1.19. The monoisotopic (exact) mass is 501 g/mol. The van der Waals surface area contributed by atoms with Gasteiger partial charge in [-0.25, -0.2) is 19.9 Å². The number of imidazole rings is 1. The first-order valence-electron chi connectivity index (χ1n) is 12.1. The van der Waals surface area contributed by atoms with E-state index in [1.54, 1.807) is 37.1 Å². The number of anilines is 3. The Bertz CT molecular complexity index is 1260. The maximum Gasteiger partial charge on any atom is 0.223 e. The standard InChI is InChI=1S/C25H29N10O2/c36-35(37)17-19-1-6-23(30-15-19)28-7-8-29-25-31-16-22(34-14-11-27-18-34)24(32-25)20-2-4-21(5-3-20)33-12-9-26-10-13-33/h1-6,11,14-16,18,26,36H,7-10,12-13,17H2,(H,28,30)(H,29,31,32)/q-1. The van der Waals surface area contributed by atoms with Crippen LogP contribution in [0.1, 0.15) is 5.56 Å². The number of nitrogens with zero attached hydrogens (tertiary/aromatic N) is 7. The molecular weight excluding hydrogens is 472 g/mol. The minimum absolute atomic E-state index is 0.123. The van der Waals surface area contributed by atoms with Crippen LogP contribution in [0, 0.1) is 5.21 Å². The molecule has 5 rings (SSSR count). The third-order valence-electron chi connectivity index (χ3n) is 6.03. The number of hydrogen-bond acceptors (Lipinski definition) is 11. The van der Waals surface area contributed by atoms with Crippen LogP contribution >= 0.6 is 0 Å². The van der Waals surface area contributed by atoms with Crippen molar-refractivity contribution >= 4 is 17.5 Å². The number of hydroxylamine groups is 2. The fourth-order valence-corrected chi connectivity index (χ4v) is 4.16. The number of aromatic nitrogens is 5. The smallest absolute Gasteiger partial charge is 0.223 e. The second-order valence-corrected chi connectivity index (χ2v) is 8.60. The number of pyridine rings is 1. The summed E-state index contributed by atoms with van der Waals surface area (Å²) in [7, 11) is 0. The van der Waals surface area contributed by atoms with Gasteiger partial charge in [0.15, 0.2) is 0 Å². The van der Waals surface area contributed by atoms with E-state index in [2.05, 4.69) is 60.1 Å². The fraction of sp³-hybridized carbons (Fsp3) is 0.280. The molecule has 0 radical (unpaired) electrons. The van der Waals surface area contributed by atoms with Gasteiger partial charge in [-0.05, 0) is 23.8 Å². The van der Waals surface area contributed by atoms with Crippen molar-refractivity contribution in [1.29, 1.82) is 0 Å².